The van der Waals surface area contributed by atoms with E-state index in [-0.39, 0.29) is 0 Å². The molecule has 2 rings (SSSR count). The van der Waals surface area contributed by atoms with Crippen molar-refractivity contribution in [2.75, 3.05) is 0 Å². The first kappa shape index (κ1) is 15.6. The largest absolute Gasteiger partial charge is 0.481 e. The molecule has 1 fully saturated rings. The van der Waals surface area contributed by atoms with Crippen molar-refractivity contribution >= 4 is 17.3 Å². The number of carboxylic acids is 1. The lowest BCUT2D eigenvalue weighted by molar-refractivity contribution is -0.151. The number of thiophene rings is 1. The van der Waals surface area contributed by atoms with Crippen LogP contribution in [-0.2, 0) is 17.6 Å². The molecule has 0 amide bonds. The molecular weight excluding hydrogens is 268 g/mol. The lowest BCUT2D eigenvalue weighted by atomic mass is 9.67. The Morgan fingerprint density at radius 2 is 1.95 bits per heavy atom. The lowest BCUT2D eigenvalue weighted by Crippen LogP contribution is -2.37. The smallest absolute Gasteiger partial charge is 0.309 e. The monoisotopic (exact) mass is 294 g/mol. The zero-order valence-corrected chi connectivity index (χ0v) is 13.5. The van der Waals surface area contributed by atoms with Crippen LogP contribution in [-0.4, -0.2) is 11.1 Å². The van der Waals surface area contributed by atoms with Crippen molar-refractivity contribution in [2.24, 2.45) is 11.3 Å². The Morgan fingerprint density at radius 1 is 1.30 bits per heavy atom. The van der Waals surface area contributed by atoms with Gasteiger partial charge >= 0.3 is 5.97 Å². The van der Waals surface area contributed by atoms with Gasteiger partial charge in [0.15, 0.2) is 0 Å². The predicted octanol–water partition coefficient (Wildman–Crippen LogP) is 4.91. The SMILES string of the molecule is CCCC1CCC(Cc2ccc(CC)s2)(C(=O)O)CC1. The van der Waals surface area contributed by atoms with Gasteiger partial charge in [0.2, 0.25) is 0 Å². The number of hydrogen-bond donors (Lipinski definition) is 1. The minimum atomic E-state index is -0.584. The third-order valence-corrected chi connectivity index (χ3v) is 6.02. The summed E-state index contributed by atoms with van der Waals surface area (Å²) in [6, 6.07) is 4.28. The van der Waals surface area contributed by atoms with E-state index in [4.69, 9.17) is 0 Å². The molecule has 0 spiro atoms. The van der Waals surface area contributed by atoms with E-state index < -0.39 is 11.4 Å². The van der Waals surface area contributed by atoms with Crippen LogP contribution in [0.4, 0.5) is 0 Å². The van der Waals surface area contributed by atoms with Crippen LogP contribution in [0.3, 0.4) is 0 Å². The second-order valence-corrected chi connectivity index (χ2v) is 7.47. The van der Waals surface area contributed by atoms with E-state index in [0.29, 0.717) is 0 Å². The molecule has 0 unspecified atom stereocenters. The number of rotatable bonds is 6. The average molecular weight is 294 g/mol. The van der Waals surface area contributed by atoms with Crippen molar-refractivity contribution in [3.63, 3.8) is 0 Å². The molecule has 0 saturated heterocycles. The van der Waals surface area contributed by atoms with E-state index in [1.807, 2.05) is 0 Å². The van der Waals surface area contributed by atoms with E-state index in [0.717, 1.165) is 44.4 Å². The first-order valence-corrected chi connectivity index (χ1v) is 8.72. The van der Waals surface area contributed by atoms with Crippen molar-refractivity contribution in [1.29, 1.82) is 0 Å². The van der Waals surface area contributed by atoms with Crippen LogP contribution in [0.1, 0.15) is 62.1 Å². The van der Waals surface area contributed by atoms with Gasteiger partial charge in [0.05, 0.1) is 5.41 Å². The second kappa shape index (κ2) is 6.75. The molecule has 0 bridgehead atoms. The van der Waals surface area contributed by atoms with Crippen molar-refractivity contribution in [3.8, 4) is 0 Å². The van der Waals surface area contributed by atoms with Gasteiger partial charge in [0.25, 0.3) is 0 Å². The first-order valence-electron chi connectivity index (χ1n) is 7.90. The highest BCUT2D eigenvalue weighted by Gasteiger charge is 2.42. The van der Waals surface area contributed by atoms with E-state index in [2.05, 4.69) is 26.0 Å². The van der Waals surface area contributed by atoms with Gasteiger partial charge < -0.3 is 5.11 Å². The van der Waals surface area contributed by atoms with E-state index in [9.17, 15) is 9.90 Å². The van der Waals surface area contributed by atoms with Crippen molar-refractivity contribution in [1.82, 2.24) is 0 Å². The van der Waals surface area contributed by atoms with E-state index in [1.54, 1.807) is 11.3 Å². The fourth-order valence-corrected chi connectivity index (χ4v) is 4.54. The molecule has 1 aliphatic carbocycles. The highest BCUT2D eigenvalue weighted by atomic mass is 32.1. The molecule has 1 aromatic heterocycles. The quantitative estimate of drug-likeness (QED) is 0.809. The molecule has 2 nitrogen and oxygen atoms in total. The maximum absolute atomic E-state index is 11.8. The summed E-state index contributed by atoms with van der Waals surface area (Å²) < 4.78 is 0. The normalized spacial score (nSPS) is 26.6. The minimum absolute atomic E-state index is 0.500. The van der Waals surface area contributed by atoms with Gasteiger partial charge in [-0.05, 0) is 56.6 Å². The van der Waals surface area contributed by atoms with E-state index in [1.165, 1.54) is 22.6 Å². The molecule has 0 radical (unpaired) electrons. The molecule has 0 atom stereocenters. The Labute approximate surface area is 126 Å². The number of aryl methyl sites for hydroxylation is 1. The molecule has 112 valence electrons. The third-order valence-electron chi connectivity index (χ3n) is 4.79. The van der Waals surface area contributed by atoms with Crippen LogP contribution in [0.25, 0.3) is 0 Å². The molecule has 20 heavy (non-hydrogen) atoms. The van der Waals surface area contributed by atoms with E-state index >= 15 is 0 Å². The summed E-state index contributed by atoms with van der Waals surface area (Å²) in [5, 5.41) is 9.73. The fraction of sp³-hybridized carbons (Fsp3) is 0.706. The van der Waals surface area contributed by atoms with Gasteiger partial charge in [-0.1, -0.05) is 26.7 Å². The van der Waals surface area contributed by atoms with Crippen LogP contribution >= 0.6 is 11.3 Å². The molecule has 3 heteroatoms. The first-order chi connectivity index (χ1) is 9.59. The maximum Gasteiger partial charge on any atom is 0.309 e. The number of hydrogen-bond acceptors (Lipinski definition) is 2. The highest BCUT2D eigenvalue weighted by molar-refractivity contribution is 7.12. The zero-order valence-electron chi connectivity index (χ0n) is 12.7. The molecule has 1 saturated carbocycles. The van der Waals surface area contributed by atoms with Gasteiger partial charge in [0, 0.05) is 9.75 Å². The average Bonchev–Trinajstić information content (AvgIpc) is 2.89. The van der Waals surface area contributed by atoms with Crippen molar-refractivity contribution in [2.45, 2.75) is 65.2 Å². The van der Waals surface area contributed by atoms with Crippen LogP contribution in [0, 0.1) is 11.3 Å². The van der Waals surface area contributed by atoms with Gasteiger partial charge in [-0.25, -0.2) is 0 Å². The zero-order chi connectivity index (χ0) is 14.6. The Bertz CT molecular complexity index is 442. The Kier molecular flexibility index (Phi) is 5.25. The molecule has 0 aromatic carbocycles. The summed E-state index contributed by atoms with van der Waals surface area (Å²) in [4.78, 5) is 14.4. The summed E-state index contributed by atoms with van der Waals surface area (Å²) in [7, 11) is 0. The van der Waals surface area contributed by atoms with Crippen molar-refractivity contribution in [3.05, 3.63) is 21.9 Å². The molecule has 1 aromatic rings. The van der Waals surface area contributed by atoms with Crippen LogP contribution in [0.2, 0.25) is 0 Å². The highest BCUT2D eigenvalue weighted by Crippen LogP contribution is 2.43. The molecule has 1 aliphatic rings. The third kappa shape index (κ3) is 3.43. The topological polar surface area (TPSA) is 37.3 Å². The number of aliphatic carboxylic acids is 1. The Morgan fingerprint density at radius 3 is 2.45 bits per heavy atom. The maximum atomic E-state index is 11.8. The standard InChI is InChI=1S/C17H26O2S/c1-3-5-13-8-10-17(11-9-13,16(18)19)12-15-7-6-14(4-2)20-15/h6-7,13H,3-5,8-12H2,1-2H3,(H,18,19). The van der Waals surface area contributed by atoms with Crippen LogP contribution < -0.4 is 0 Å². The summed E-state index contributed by atoms with van der Waals surface area (Å²) in [6.45, 7) is 4.37. The van der Waals surface area contributed by atoms with Gasteiger partial charge in [-0.2, -0.15) is 0 Å². The summed E-state index contributed by atoms with van der Waals surface area (Å²) in [5.74, 6) is 0.168. The van der Waals surface area contributed by atoms with Crippen LogP contribution in [0.5, 0.6) is 0 Å². The predicted molar refractivity (Wildman–Crippen MR) is 84.3 cm³/mol. The Hall–Kier alpha value is -0.830. The van der Waals surface area contributed by atoms with Gasteiger partial charge in [0.1, 0.15) is 0 Å². The molecular formula is C17H26O2S. The lowest BCUT2D eigenvalue weighted by Gasteiger charge is -2.36. The number of carboxylic acid groups (broad SMARTS) is 1. The summed E-state index contributed by atoms with van der Waals surface area (Å²) in [6.07, 6.45) is 8.14. The summed E-state index contributed by atoms with van der Waals surface area (Å²) >= 11 is 1.79. The summed E-state index contributed by atoms with van der Waals surface area (Å²) in [5.41, 5.74) is -0.500. The van der Waals surface area contributed by atoms with Gasteiger partial charge in [-0.15, -0.1) is 11.3 Å². The number of carbonyl (C=O) groups is 1. The van der Waals surface area contributed by atoms with Crippen LogP contribution in [0.15, 0.2) is 12.1 Å². The Balaban J connectivity index is 2.05. The van der Waals surface area contributed by atoms with Gasteiger partial charge in [-0.3, -0.25) is 4.79 Å². The fourth-order valence-electron chi connectivity index (χ4n) is 3.43. The molecule has 1 heterocycles. The van der Waals surface area contributed by atoms with Crippen molar-refractivity contribution < 1.29 is 9.90 Å². The molecule has 1 N–H and O–H groups in total. The minimum Gasteiger partial charge on any atom is -0.481 e. The second-order valence-electron chi connectivity index (χ2n) is 6.22. The molecule has 0 aliphatic heterocycles.